The Morgan fingerprint density at radius 3 is 2.50 bits per heavy atom. The molecule has 2 aliphatic rings. The fraction of sp³-hybridized carbons (Fsp3) is 0.522. The number of carbonyl (C=O) groups excluding carboxylic acids is 1. The Balaban J connectivity index is 0.000000406. The second kappa shape index (κ2) is 10.1. The van der Waals surface area contributed by atoms with Gasteiger partial charge in [0.2, 0.25) is 0 Å². The van der Waals surface area contributed by atoms with Crippen LogP contribution in [0.2, 0.25) is 0 Å². The summed E-state index contributed by atoms with van der Waals surface area (Å²) in [6, 6.07) is 10.9. The van der Waals surface area contributed by atoms with E-state index in [4.69, 9.17) is 14.6 Å². The summed E-state index contributed by atoms with van der Waals surface area (Å²) in [7, 11) is 0. The van der Waals surface area contributed by atoms with Gasteiger partial charge in [-0.3, -0.25) is 14.4 Å². The number of alkyl halides is 3. The molecule has 4 rings (SSSR count). The molecule has 2 fully saturated rings. The average molecular weight is 483 g/mol. The molecule has 0 saturated carbocycles. The van der Waals surface area contributed by atoms with E-state index in [2.05, 4.69) is 60.4 Å². The number of morpholine rings is 1. The molecule has 1 amide bonds. The molecule has 11 heteroatoms. The van der Waals surface area contributed by atoms with Crippen molar-refractivity contribution in [2.75, 3.05) is 26.2 Å². The van der Waals surface area contributed by atoms with Crippen LogP contribution in [-0.4, -0.2) is 69.7 Å². The Kier molecular flexibility index (Phi) is 7.67. The number of rotatable bonds is 4. The van der Waals surface area contributed by atoms with Crippen LogP contribution in [0.15, 0.2) is 36.5 Å². The molecule has 2 N–H and O–H groups in total. The summed E-state index contributed by atoms with van der Waals surface area (Å²) in [5.74, 6) is -2.79. The molecule has 0 aliphatic carbocycles. The van der Waals surface area contributed by atoms with E-state index in [9.17, 15) is 18.0 Å². The van der Waals surface area contributed by atoms with Gasteiger partial charge in [-0.1, -0.05) is 29.8 Å². The number of nitrogens with zero attached hydrogens (tertiary/aromatic N) is 3. The summed E-state index contributed by atoms with van der Waals surface area (Å²) < 4.78 is 40.0. The number of aromatic nitrogens is 2. The van der Waals surface area contributed by atoms with Crippen molar-refractivity contribution < 1.29 is 32.6 Å². The first kappa shape index (κ1) is 25.7. The van der Waals surface area contributed by atoms with Crippen LogP contribution in [0.5, 0.6) is 0 Å². The zero-order valence-corrected chi connectivity index (χ0v) is 19.3. The highest BCUT2D eigenvalue weighted by Crippen LogP contribution is 2.41. The number of amides is 1. The number of aryl methyl sites for hydroxylation is 1. The Morgan fingerprint density at radius 2 is 1.94 bits per heavy atom. The van der Waals surface area contributed by atoms with Gasteiger partial charge >= 0.3 is 12.1 Å². The van der Waals surface area contributed by atoms with Gasteiger partial charge in [0.25, 0.3) is 5.91 Å². The maximum absolute atomic E-state index is 13.0. The van der Waals surface area contributed by atoms with Gasteiger partial charge in [-0.25, -0.2) is 4.79 Å². The van der Waals surface area contributed by atoms with Crippen molar-refractivity contribution in [1.29, 1.82) is 0 Å². The number of ether oxygens (including phenoxy) is 1. The van der Waals surface area contributed by atoms with E-state index in [-0.39, 0.29) is 17.9 Å². The first-order chi connectivity index (χ1) is 15.9. The lowest BCUT2D eigenvalue weighted by Gasteiger charge is -2.37. The molecule has 0 radical (unpaired) electrons. The lowest BCUT2D eigenvalue weighted by molar-refractivity contribution is -0.192. The summed E-state index contributed by atoms with van der Waals surface area (Å²) in [6.45, 7) is 9.64. The third-order valence-electron chi connectivity index (χ3n) is 5.91. The number of carboxylic acids is 1. The van der Waals surface area contributed by atoms with Crippen LogP contribution >= 0.6 is 0 Å². The number of halogens is 3. The third-order valence-corrected chi connectivity index (χ3v) is 5.91. The highest BCUT2D eigenvalue weighted by Gasteiger charge is 2.56. The SMILES string of the molecule is Cc1ccc(CN2CC(c3ccnn3C(C)C)C3(C2)OCCNC3=O)cc1.O=C(O)C(F)(F)F. The normalized spacial score (nSPS) is 23.0. The molecule has 2 aliphatic heterocycles. The molecular formula is C23H29F3N4O4. The summed E-state index contributed by atoms with van der Waals surface area (Å²) >= 11 is 0. The molecule has 34 heavy (non-hydrogen) atoms. The second-order valence-electron chi connectivity index (χ2n) is 8.80. The largest absolute Gasteiger partial charge is 0.490 e. The Labute approximate surface area is 195 Å². The molecule has 1 aromatic heterocycles. The van der Waals surface area contributed by atoms with Gasteiger partial charge in [-0.15, -0.1) is 0 Å². The summed E-state index contributed by atoms with van der Waals surface area (Å²) in [5.41, 5.74) is 2.75. The van der Waals surface area contributed by atoms with E-state index in [0.29, 0.717) is 19.7 Å². The van der Waals surface area contributed by atoms with Crippen LogP contribution < -0.4 is 5.32 Å². The van der Waals surface area contributed by atoms with E-state index in [1.807, 2.05) is 16.9 Å². The number of aliphatic carboxylic acids is 1. The van der Waals surface area contributed by atoms with Crippen LogP contribution in [0.1, 0.15) is 42.6 Å². The number of hydrogen-bond acceptors (Lipinski definition) is 5. The fourth-order valence-electron chi connectivity index (χ4n) is 4.34. The topological polar surface area (TPSA) is 96.7 Å². The zero-order chi connectivity index (χ0) is 25.1. The lowest BCUT2D eigenvalue weighted by atomic mass is 9.86. The molecule has 1 spiro atoms. The van der Waals surface area contributed by atoms with Crippen molar-refractivity contribution in [3.8, 4) is 0 Å². The molecule has 3 heterocycles. The van der Waals surface area contributed by atoms with Gasteiger partial charge in [-0.05, 0) is 32.4 Å². The number of benzene rings is 1. The average Bonchev–Trinajstić information content (AvgIpc) is 3.37. The van der Waals surface area contributed by atoms with Crippen LogP contribution in [0.25, 0.3) is 0 Å². The molecule has 8 nitrogen and oxygen atoms in total. The second-order valence-corrected chi connectivity index (χ2v) is 8.80. The predicted molar refractivity (Wildman–Crippen MR) is 117 cm³/mol. The monoisotopic (exact) mass is 482 g/mol. The summed E-state index contributed by atoms with van der Waals surface area (Å²) in [5, 5.41) is 14.6. The molecule has 186 valence electrons. The Morgan fingerprint density at radius 1 is 1.29 bits per heavy atom. The summed E-state index contributed by atoms with van der Waals surface area (Å²) in [4.78, 5) is 24.2. The number of nitrogens with one attached hydrogen (secondary N) is 1. The minimum Gasteiger partial charge on any atom is -0.475 e. The Bertz CT molecular complexity index is 1010. The van der Waals surface area contributed by atoms with Crippen molar-refractivity contribution >= 4 is 11.9 Å². The smallest absolute Gasteiger partial charge is 0.475 e. The highest BCUT2D eigenvalue weighted by atomic mass is 19.4. The molecule has 1 aromatic carbocycles. The lowest BCUT2D eigenvalue weighted by Crippen LogP contribution is -2.59. The molecule has 2 atom stereocenters. The molecular weight excluding hydrogens is 453 g/mol. The van der Waals surface area contributed by atoms with Crippen LogP contribution in [0.3, 0.4) is 0 Å². The van der Waals surface area contributed by atoms with Gasteiger partial charge in [0, 0.05) is 44.1 Å². The van der Waals surface area contributed by atoms with Crippen molar-refractivity contribution in [2.45, 2.75) is 51.1 Å². The molecule has 2 aromatic rings. The highest BCUT2D eigenvalue weighted by molar-refractivity contribution is 5.88. The number of carboxylic acid groups (broad SMARTS) is 1. The maximum atomic E-state index is 13.0. The number of carbonyl (C=O) groups is 2. The third kappa shape index (κ3) is 5.58. The molecule has 2 unspecified atom stereocenters. The van der Waals surface area contributed by atoms with Crippen LogP contribution in [0.4, 0.5) is 13.2 Å². The van der Waals surface area contributed by atoms with E-state index in [1.165, 1.54) is 11.1 Å². The number of hydrogen-bond donors (Lipinski definition) is 2. The quantitative estimate of drug-likeness (QED) is 0.696. The van der Waals surface area contributed by atoms with Crippen molar-refractivity contribution in [2.24, 2.45) is 0 Å². The first-order valence-corrected chi connectivity index (χ1v) is 11.0. The van der Waals surface area contributed by atoms with Crippen molar-refractivity contribution in [3.05, 3.63) is 53.3 Å². The van der Waals surface area contributed by atoms with E-state index >= 15 is 0 Å². The van der Waals surface area contributed by atoms with Crippen molar-refractivity contribution in [3.63, 3.8) is 0 Å². The van der Waals surface area contributed by atoms with E-state index in [0.717, 1.165) is 18.8 Å². The zero-order valence-electron chi connectivity index (χ0n) is 19.3. The molecule has 2 saturated heterocycles. The molecule has 0 bridgehead atoms. The minimum atomic E-state index is -5.08. The van der Waals surface area contributed by atoms with Gasteiger partial charge in [0.05, 0.1) is 12.5 Å². The predicted octanol–water partition coefficient (Wildman–Crippen LogP) is 2.89. The van der Waals surface area contributed by atoms with Crippen LogP contribution in [0, 0.1) is 6.92 Å². The van der Waals surface area contributed by atoms with Gasteiger partial charge in [0.15, 0.2) is 5.60 Å². The van der Waals surface area contributed by atoms with E-state index in [1.54, 1.807) is 0 Å². The minimum absolute atomic E-state index is 0.00154. The van der Waals surface area contributed by atoms with Crippen molar-refractivity contribution in [1.82, 2.24) is 20.0 Å². The van der Waals surface area contributed by atoms with E-state index < -0.39 is 17.7 Å². The fourth-order valence-corrected chi connectivity index (χ4v) is 4.34. The van der Waals surface area contributed by atoms with Gasteiger partial charge < -0.3 is 15.2 Å². The van der Waals surface area contributed by atoms with Crippen LogP contribution in [-0.2, 0) is 20.9 Å². The standard InChI is InChI=1S/C21H28N4O2.C2HF3O2/c1-15(2)25-19(8-9-23-25)18-13-24(12-17-6-4-16(3)5-7-17)14-21(18)20(26)22-10-11-27-21;3-2(4,5)1(6)7/h4-9,15,18H,10-14H2,1-3H3,(H,22,26);(H,6,7). The maximum Gasteiger partial charge on any atom is 0.490 e. The Hall–Kier alpha value is -2.92. The summed E-state index contributed by atoms with van der Waals surface area (Å²) in [6.07, 6.45) is -3.26. The first-order valence-electron chi connectivity index (χ1n) is 11.0. The van der Waals surface area contributed by atoms with Gasteiger partial charge in [0.1, 0.15) is 0 Å². The number of likely N-dealkylation sites (tertiary alicyclic amines) is 1. The van der Waals surface area contributed by atoms with Gasteiger partial charge in [-0.2, -0.15) is 18.3 Å².